The second-order valence-electron chi connectivity index (χ2n) is 5.94. The molecule has 6 heteroatoms. The zero-order valence-electron chi connectivity index (χ0n) is 15.5. The number of ether oxygens (including phenoxy) is 2. The van der Waals surface area contributed by atoms with Crippen molar-refractivity contribution in [1.29, 1.82) is 5.26 Å². The quantitative estimate of drug-likeness (QED) is 0.534. The third-order valence-electron chi connectivity index (χ3n) is 3.41. The van der Waals surface area contributed by atoms with Gasteiger partial charge in [-0.1, -0.05) is 17.7 Å². The van der Waals surface area contributed by atoms with E-state index in [1.54, 1.807) is 42.5 Å². The molecule has 2 aromatic rings. The summed E-state index contributed by atoms with van der Waals surface area (Å²) in [5, 5.41) is 12.6. The van der Waals surface area contributed by atoms with E-state index in [0.29, 0.717) is 34.4 Å². The molecule has 2 aromatic carbocycles. The van der Waals surface area contributed by atoms with Gasteiger partial charge < -0.3 is 14.8 Å². The van der Waals surface area contributed by atoms with Crippen LogP contribution in [0.1, 0.15) is 26.3 Å². The first-order chi connectivity index (χ1) is 12.9. The number of carbonyl (C=O) groups is 1. The van der Waals surface area contributed by atoms with Crippen molar-refractivity contribution in [2.45, 2.75) is 26.9 Å². The molecule has 0 fully saturated rings. The highest BCUT2D eigenvalue weighted by molar-refractivity contribution is 6.30. The first-order valence-electron chi connectivity index (χ1n) is 8.55. The van der Waals surface area contributed by atoms with Crippen LogP contribution in [0.3, 0.4) is 0 Å². The van der Waals surface area contributed by atoms with E-state index in [4.69, 9.17) is 21.1 Å². The van der Waals surface area contributed by atoms with E-state index in [0.717, 1.165) is 0 Å². The van der Waals surface area contributed by atoms with Crippen molar-refractivity contribution in [3.05, 3.63) is 58.6 Å². The molecule has 0 atom stereocenters. The fraction of sp³-hybridized carbons (Fsp3) is 0.238. The average molecular weight is 385 g/mol. The van der Waals surface area contributed by atoms with Crippen LogP contribution in [0.15, 0.2) is 48.0 Å². The van der Waals surface area contributed by atoms with Gasteiger partial charge in [-0.25, -0.2) is 0 Å². The van der Waals surface area contributed by atoms with Gasteiger partial charge in [0.25, 0.3) is 5.91 Å². The van der Waals surface area contributed by atoms with Crippen molar-refractivity contribution in [3.63, 3.8) is 0 Å². The standard InChI is InChI=1S/C21H21ClN2O3/c1-4-26-20-12-15(5-10-19(20)27-14(2)3)11-16(13-23)21(25)24-18-8-6-17(22)7-9-18/h5-12,14H,4H2,1-3H3,(H,24,25)/b16-11+. The lowest BCUT2D eigenvalue weighted by Gasteiger charge is -2.15. The minimum Gasteiger partial charge on any atom is -0.490 e. The number of carbonyl (C=O) groups excluding carboxylic acids is 1. The first-order valence-corrected chi connectivity index (χ1v) is 8.93. The Morgan fingerprint density at radius 1 is 1.22 bits per heavy atom. The van der Waals surface area contributed by atoms with Gasteiger partial charge >= 0.3 is 0 Å². The van der Waals surface area contributed by atoms with Gasteiger partial charge in [-0.3, -0.25) is 4.79 Å². The number of halogens is 1. The van der Waals surface area contributed by atoms with Gasteiger partial charge in [0.05, 0.1) is 12.7 Å². The lowest BCUT2D eigenvalue weighted by molar-refractivity contribution is -0.112. The Labute approximate surface area is 164 Å². The van der Waals surface area contributed by atoms with Gasteiger partial charge in [0.2, 0.25) is 0 Å². The topological polar surface area (TPSA) is 71.3 Å². The lowest BCUT2D eigenvalue weighted by atomic mass is 10.1. The zero-order chi connectivity index (χ0) is 19.8. The van der Waals surface area contributed by atoms with Crippen molar-refractivity contribution in [2.24, 2.45) is 0 Å². The fourth-order valence-corrected chi connectivity index (χ4v) is 2.41. The van der Waals surface area contributed by atoms with Crippen LogP contribution in [0, 0.1) is 11.3 Å². The van der Waals surface area contributed by atoms with E-state index in [-0.39, 0.29) is 11.7 Å². The van der Waals surface area contributed by atoms with Gasteiger partial charge in [0, 0.05) is 10.7 Å². The Kier molecular flexibility index (Phi) is 7.27. The summed E-state index contributed by atoms with van der Waals surface area (Å²) in [5.41, 5.74) is 1.20. The van der Waals surface area contributed by atoms with Crippen LogP contribution in [0.25, 0.3) is 6.08 Å². The van der Waals surface area contributed by atoms with Gasteiger partial charge in [-0.05, 0) is 68.8 Å². The summed E-state index contributed by atoms with van der Waals surface area (Å²) in [6.45, 7) is 6.21. The molecule has 0 unspecified atom stereocenters. The number of anilines is 1. The molecular weight excluding hydrogens is 364 g/mol. The van der Waals surface area contributed by atoms with E-state index in [9.17, 15) is 10.1 Å². The third-order valence-corrected chi connectivity index (χ3v) is 3.66. The molecular formula is C21H21ClN2O3. The second-order valence-corrected chi connectivity index (χ2v) is 6.37. The number of rotatable bonds is 7. The number of benzene rings is 2. The van der Waals surface area contributed by atoms with Crippen LogP contribution in [-0.2, 0) is 4.79 Å². The van der Waals surface area contributed by atoms with Gasteiger partial charge in [0.15, 0.2) is 11.5 Å². The van der Waals surface area contributed by atoms with Crippen molar-refractivity contribution < 1.29 is 14.3 Å². The number of nitriles is 1. The van der Waals surface area contributed by atoms with E-state index in [2.05, 4.69) is 5.32 Å². The van der Waals surface area contributed by atoms with E-state index in [1.807, 2.05) is 26.8 Å². The molecule has 0 saturated carbocycles. The summed E-state index contributed by atoms with van der Waals surface area (Å²) in [7, 11) is 0. The maximum absolute atomic E-state index is 12.4. The average Bonchev–Trinajstić information content (AvgIpc) is 2.63. The molecule has 0 heterocycles. The van der Waals surface area contributed by atoms with Crippen LogP contribution in [0.4, 0.5) is 5.69 Å². The molecule has 27 heavy (non-hydrogen) atoms. The van der Waals surface area contributed by atoms with E-state index >= 15 is 0 Å². The van der Waals surface area contributed by atoms with Crippen LogP contribution >= 0.6 is 11.6 Å². The minimum absolute atomic E-state index is 0.00502. The molecule has 0 aliphatic heterocycles. The van der Waals surface area contributed by atoms with E-state index in [1.165, 1.54) is 6.08 Å². The molecule has 0 aliphatic rings. The molecule has 0 bridgehead atoms. The van der Waals surface area contributed by atoms with Crippen molar-refractivity contribution >= 4 is 29.3 Å². The highest BCUT2D eigenvalue weighted by Gasteiger charge is 2.12. The summed E-state index contributed by atoms with van der Waals surface area (Å²) >= 11 is 5.83. The fourth-order valence-electron chi connectivity index (χ4n) is 2.28. The molecule has 2 rings (SSSR count). The highest BCUT2D eigenvalue weighted by atomic mass is 35.5. The van der Waals surface area contributed by atoms with Crippen LogP contribution in [0.2, 0.25) is 5.02 Å². The molecule has 1 N–H and O–H groups in total. The largest absolute Gasteiger partial charge is 0.490 e. The van der Waals surface area contributed by atoms with Crippen molar-refractivity contribution in [1.82, 2.24) is 0 Å². The van der Waals surface area contributed by atoms with E-state index < -0.39 is 5.91 Å². The Hall–Kier alpha value is -2.97. The summed E-state index contributed by atoms with van der Waals surface area (Å²) in [6.07, 6.45) is 1.51. The molecule has 5 nitrogen and oxygen atoms in total. The Morgan fingerprint density at radius 2 is 1.93 bits per heavy atom. The van der Waals surface area contributed by atoms with Crippen LogP contribution < -0.4 is 14.8 Å². The van der Waals surface area contributed by atoms with Gasteiger partial charge in [-0.2, -0.15) is 5.26 Å². The molecule has 0 spiro atoms. The van der Waals surface area contributed by atoms with Crippen LogP contribution in [0.5, 0.6) is 11.5 Å². The SMILES string of the molecule is CCOc1cc(/C=C(\C#N)C(=O)Nc2ccc(Cl)cc2)ccc1OC(C)C. The predicted molar refractivity (Wildman–Crippen MR) is 107 cm³/mol. The molecule has 0 aromatic heterocycles. The number of nitrogens with zero attached hydrogens (tertiary/aromatic N) is 1. The van der Waals surface area contributed by atoms with Gasteiger partial charge in [-0.15, -0.1) is 0 Å². The Bertz CT molecular complexity index is 868. The summed E-state index contributed by atoms with van der Waals surface area (Å²) < 4.78 is 11.3. The Balaban J connectivity index is 2.25. The summed E-state index contributed by atoms with van der Waals surface area (Å²) in [4.78, 5) is 12.4. The molecule has 140 valence electrons. The number of hydrogen-bond acceptors (Lipinski definition) is 4. The normalized spacial score (nSPS) is 11.0. The maximum atomic E-state index is 12.4. The smallest absolute Gasteiger partial charge is 0.266 e. The molecule has 0 aliphatic carbocycles. The highest BCUT2D eigenvalue weighted by Crippen LogP contribution is 2.30. The Morgan fingerprint density at radius 3 is 2.52 bits per heavy atom. The first kappa shape index (κ1) is 20.3. The molecule has 0 saturated heterocycles. The summed E-state index contributed by atoms with van der Waals surface area (Å²) in [6, 6.07) is 13.9. The number of nitrogens with one attached hydrogen (secondary N) is 1. The predicted octanol–water partition coefficient (Wildman–Crippen LogP) is 5.07. The minimum atomic E-state index is -0.500. The zero-order valence-corrected chi connectivity index (χ0v) is 16.2. The van der Waals surface area contributed by atoms with Gasteiger partial charge in [0.1, 0.15) is 11.6 Å². The number of amides is 1. The van der Waals surface area contributed by atoms with Crippen molar-refractivity contribution in [3.8, 4) is 17.6 Å². The molecule has 0 radical (unpaired) electrons. The second kappa shape index (κ2) is 9.65. The van der Waals surface area contributed by atoms with Crippen molar-refractivity contribution in [2.75, 3.05) is 11.9 Å². The number of hydrogen-bond donors (Lipinski definition) is 1. The molecule has 1 amide bonds. The summed E-state index contributed by atoms with van der Waals surface area (Å²) in [5.74, 6) is 0.684. The maximum Gasteiger partial charge on any atom is 0.266 e. The lowest BCUT2D eigenvalue weighted by Crippen LogP contribution is -2.13. The van der Waals surface area contributed by atoms with Crippen LogP contribution in [-0.4, -0.2) is 18.6 Å². The third kappa shape index (κ3) is 6.05. The monoisotopic (exact) mass is 384 g/mol.